The number of benzene rings is 2. The molecule has 26 heavy (non-hydrogen) atoms. The largest absolute Gasteiger partial charge is 0.495 e. The molecule has 8 heteroatoms. The van der Waals surface area contributed by atoms with Gasteiger partial charge < -0.3 is 14.0 Å². The first-order valence-electron chi connectivity index (χ1n) is 7.62. The SMILES string of the molecule is COC(=O)Cn1c(=NC(=O)c2ccccc2)sc2c(Cl)ccc(OC)c21. The van der Waals surface area contributed by atoms with E-state index in [4.69, 9.17) is 21.1 Å². The van der Waals surface area contributed by atoms with Crippen LogP contribution >= 0.6 is 22.9 Å². The summed E-state index contributed by atoms with van der Waals surface area (Å²) in [7, 11) is 2.82. The molecule has 0 aliphatic rings. The Balaban J connectivity index is 2.25. The average Bonchev–Trinajstić information content (AvgIpc) is 3.01. The maximum atomic E-state index is 12.5. The van der Waals surface area contributed by atoms with E-state index in [2.05, 4.69) is 4.99 Å². The zero-order valence-electron chi connectivity index (χ0n) is 14.1. The van der Waals surface area contributed by atoms with E-state index < -0.39 is 11.9 Å². The summed E-state index contributed by atoms with van der Waals surface area (Å²) in [5.74, 6) is -0.357. The van der Waals surface area contributed by atoms with Gasteiger partial charge in [0.25, 0.3) is 5.91 Å². The number of methoxy groups -OCH3 is 2. The number of thiazole rings is 1. The molecule has 0 spiro atoms. The lowest BCUT2D eigenvalue weighted by Gasteiger charge is -2.08. The van der Waals surface area contributed by atoms with Crippen molar-refractivity contribution >= 4 is 45.0 Å². The van der Waals surface area contributed by atoms with Crippen LogP contribution in [0.3, 0.4) is 0 Å². The van der Waals surface area contributed by atoms with Gasteiger partial charge in [0.15, 0.2) is 4.80 Å². The summed E-state index contributed by atoms with van der Waals surface area (Å²) in [4.78, 5) is 28.9. The van der Waals surface area contributed by atoms with Crippen molar-refractivity contribution in [2.45, 2.75) is 6.54 Å². The first kappa shape index (κ1) is 18.2. The molecule has 1 aromatic heterocycles. The van der Waals surface area contributed by atoms with Gasteiger partial charge in [-0.1, -0.05) is 41.1 Å². The maximum Gasteiger partial charge on any atom is 0.325 e. The molecule has 0 N–H and O–H groups in total. The molecule has 1 amide bonds. The summed E-state index contributed by atoms with van der Waals surface area (Å²) >= 11 is 7.51. The Labute approximate surface area is 158 Å². The first-order valence-corrected chi connectivity index (χ1v) is 8.81. The fourth-order valence-corrected chi connectivity index (χ4v) is 3.76. The number of amides is 1. The van der Waals surface area contributed by atoms with Crippen LogP contribution < -0.4 is 9.54 Å². The van der Waals surface area contributed by atoms with Crippen molar-refractivity contribution in [1.82, 2.24) is 4.57 Å². The molecule has 0 aliphatic heterocycles. The van der Waals surface area contributed by atoms with E-state index in [0.29, 0.717) is 31.4 Å². The Morgan fingerprint density at radius 2 is 1.88 bits per heavy atom. The number of hydrogen-bond donors (Lipinski definition) is 0. The van der Waals surface area contributed by atoms with Gasteiger partial charge in [-0.15, -0.1) is 0 Å². The number of halogens is 1. The van der Waals surface area contributed by atoms with Crippen molar-refractivity contribution in [2.75, 3.05) is 14.2 Å². The third kappa shape index (κ3) is 3.49. The maximum absolute atomic E-state index is 12.5. The topological polar surface area (TPSA) is 69.9 Å². The number of carbonyl (C=O) groups is 2. The highest BCUT2D eigenvalue weighted by molar-refractivity contribution is 7.17. The summed E-state index contributed by atoms with van der Waals surface area (Å²) < 4.78 is 12.4. The molecular formula is C18H15ClN2O4S. The summed E-state index contributed by atoms with van der Waals surface area (Å²) in [5.41, 5.74) is 1.04. The van der Waals surface area contributed by atoms with Crippen molar-refractivity contribution in [3.05, 3.63) is 57.9 Å². The highest BCUT2D eigenvalue weighted by Gasteiger charge is 2.17. The Morgan fingerprint density at radius 3 is 2.54 bits per heavy atom. The van der Waals surface area contributed by atoms with Crippen LogP contribution in [-0.4, -0.2) is 30.7 Å². The van der Waals surface area contributed by atoms with Crippen molar-refractivity contribution in [2.24, 2.45) is 4.99 Å². The van der Waals surface area contributed by atoms with Gasteiger partial charge in [-0.25, -0.2) is 0 Å². The van der Waals surface area contributed by atoms with E-state index >= 15 is 0 Å². The first-order chi connectivity index (χ1) is 12.5. The fourth-order valence-electron chi connectivity index (χ4n) is 2.44. The van der Waals surface area contributed by atoms with Gasteiger partial charge in [-0.05, 0) is 24.3 Å². The van der Waals surface area contributed by atoms with Crippen LogP contribution in [0.2, 0.25) is 5.02 Å². The third-order valence-corrected chi connectivity index (χ3v) is 5.23. The number of ether oxygens (including phenoxy) is 2. The summed E-state index contributed by atoms with van der Waals surface area (Å²) in [5, 5.41) is 0.484. The minimum atomic E-state index is -0.472. The van der Waals surface area contributed by atoms with Gasteiger partial charge in [0, 0.05) is 5.56 Å². The zero-order valence-corrected chi connectivity index (χ0v) is 15.6. The minimum Gasteiger partial charge on any atom is -0.495 e. The van der Waals surface area contributed by atoms with Crippen LogP contribution in [0.1, 0.15) is 10.4 Å². The van der Waals surface area contributed by atoms with Crippen LogP contribution in [0, 0.1) is 0 Å². The lowest BCUT2D eigenvalue weighted by molar-refractivity contribution is -0.141. The lowest BCUT2D eigenvalue weighted by Crippen LogP contribution is -2.22. The second-order valence-corrected chi connectivity index (χ2v) is 6.64. The van der Waals surface area contributed by atoms with E-state index in [0.717, 1.165) is 0 Å². The number of carbonyl (C=O) groups excluding carboxylic acids is 2. The smallest absolute Gasteiger partial charge is 0.325 e. The van der Waals surface area contributed by atoms with Crippen LogP contribution in [0.25, 0.3) is 10.2 Å². The number of nitrogens with zero attached hydrogens (tertiary/aromatic N) is 2. The lowest BCUT2D eigenvalue weighted by atomic mass is 10.2. The fraction of sp³-hybridized carbons (Fsp3) is 0.167. The molecule has 0 saturated carbocycles. The number of fused-ring (bicyclic) bond motifs is 1. The van der Waals surface area contributed by atoms with Crippen LogP contribution in [0.4, 0.5) is 0 Å². The van der Waals surface area contributed by atoms with Gasteiger partial charge >= 0.3 is 5.97 Å². The highest BCUT2D eigenvalue weighted by Crippen LogP contribution is 2.33. The number of hydrogen-bond acceptors (Lipinski definition) is 5. The number of esters is 1. The Kier molecular flexibility index (Phi) is 5.39. The molecule has 0 atom stereocenters. The van der Waals surface area contributed by atoms with E-state index in [-0.39, 0.29) is 6.54 Å². The van der Waals surface area contributed by atoms with Gasteiger partial charge in [0.05, 0.1) is 23.9 Å². The Bertz CT molecular complexity index is 1040. The van der Waals surface area contributed by atoms with Gasteiger partial charge in [0.2, 0.25) is 0 Å². The molecule has 0 radical (unpaired) electrons. The monoisotopic (exact) mass is 390 g/mol. The summed E-state index contributed by atoms with van der Waals surface area (Å²) in [6.07, 6.45) is 0. The molecule has 0 unspecified atom stereocenters. The zero-order chi connectivity index (χ0) is 18.7. The van der Waals surface area contributed by atoms with E-state index in [1.54, 1.807) is 41.0 Å². The van der Waals surface area contributed by atoms with Crippen molar-refractivity contribution in [3.8, 4) is 5.75 Å². The molecule has 3 rings (SSSR count). The van der Waals surface area contributed by atoms with Crippen molar-refractivity contribution in [3.63, 3.8) is 0 Å². The molecule has 0 fully saturated rings. The molecule has 134 valence electrons. The third-order valence-electron chi connectivity index (χ3n) is 3.69. The quantitative estimate of drug-likeness (QED) is 0.641. The molecule has 0 aliphatic carbocycles. The Morgan fingerprint density at radius 1 is 1.15 bits per heavy atom. The molecule has 6 nitrogen and oxygen atoms in total. The summed E-state index contributed by atoms with van der Waals surface area (Å²) in [6.45, 7) is -0.117. The average molecular weight is 391 g/mol. The molecular weight excluding hydrogens is 376 g/mol. The molecule has 2 aromatic carbocycles. The highest BCUT2D eigenvalue weighted by atomic mass is 35.5. The van der Waals surface area contributed by atoms with Crippen LogP contribution in [0.5, 0.6) is 5.75 Å². The normalized spacial score (nSPS) is 11.6. The molecule has 1 heterocycles. The van der Waals surface area contributed by atoms with Crippen LogP contribution in [-0.2, 0) is 16.1 Å². The number of aromatic nitrogens is 1. The molecule has 3 aromatic rings. The van der Waals surface area contributed by atoms with E-state index in [1.165, 1.54) is 25.6 Å². The van der Waals surface area contributed by atoms with E-state index in [1.807, 2.05) is 6.07 Å². The van der Waals surface area contributed by atoms with Crippen molar-refractivity contribution < 1.29 is 19.1 Å². The van der Waals surface area contributed by atoms with E-state index in [9.17, 15) is 9.59 Å². The molecule has 0 saturated heterocycles. The predicted octanol–water partition coefficient (Wildman–Crippen LogP) is 3.28. The Hall–Kier alpha value is -2.64. The standard InChI is InChI=1S/C18H15ClN2O4S/c1-24-13-9-8-12(19)16-15(13)21(10-14(22)25-2)18(26-16)20-17(23)11-6-4-3-5-7-11/h3-9H,10H2,1-2H3. The summed E-state index contributed by atoms with van der Waals surface area (Å²) in [6, 6.07) is 12.1. The second kappa shape index (κ2) is 7.72. The molecule has 0 bridgehead atoms. The van der Waals surface area contributed by atoms with Crippen LogP contribution in [0.15, 0.2) is 47.5 Å². The minimum absolute atomic E-state index is 0.117. The number of rotatable bonds is 4. The predicted molar refractivity (Wildman–Crippen MR) is 99.7 cm³/mol. The second-order valence-electron chi connectivity index (χ2n) is 5.26. The van der Waals surface area contributed by atoms with Crippen molar-refractivity contribution in [1.29, 1.82) is 0 Å². The van der Waals surface area contributed by atoms with Gasteiger partial charge in [0.1, 0.15) is 17.8 Å². The van der Waals surface area contributed by atoms with Gasteiger partial charge in [-0.3, -0.25) is 9.59 Å². The van der Waals surface area contributed by atoms with Gasteiger partial charge in [-0.2, -0.15) is 4.99 Å².